The topological polar surface area (TPSA) is 81.3 Å². The number of aliphatic hydroxyl groups is 1. The fraction of sp³-hybridized carbons (Fsp3) is 0.417. The number of rotatable bonds is 5. The molecule has 0 radical (unpaired) electrons. The van der Waals surface area contributed by atoms with Crippen LogP contribution in [0.25, 0.3) is 11.5 Å². The minimum absolute atomic E-state index is 0.236. The van der Waals surface area contributed by atoms with Crippen molar-refractivity contribution in [2.24, 2.45) is 0 Å². The Morgan fingerprint density at radius 3 is 3.06 bits per heavy atom. The Kier molecular flexibility index (Phi) is 4.01. The van der Waals surface area contributed by atoms with Crippen molar-refractivity contribution in [2.75, 3.05) is 13.7 Å². The minimum atomic E-state index is -0.645. The summed E-state index contributed by atoms with van der Waals surface area (Å²) in [6.07, 6.45) is 1.30. The summed E-state index contributed by atoms with van der Waals surface area (Å²) in [5, 5.41) is 13.4. The molecular weight excluding hydrogens is 234 g/mol. The van der Waals surface area contributed by atoms with E-state index in [2.05, 4.69) is 15.1 Å². The van der Waals surface area contributed by atoms with E-state index in [4.69, 9.17) is 9.26 Å². The van der Waals surface area contributed by atoms with E-state index in [0.717, 1.165) is 5.56 Å². The molecule has 0 aliphatic heterocycles. The molecule has 1 unspecified atom stereocenters. The molecule has 0 spiro atoms. The van der Waals surface area contributed by atoms with Crippen LogP contribution in [-0.2, 0) is 11.2 Å². The van der Waals surface area contributed by atoms with Gasteiger partial charge in [0.15, 0.2) is 0 Å². The van der Waals surface area contributed by atoms with Gasteiger partial charge in [-0.25, -0.2) is 0 Å². The summed E-state index contributed by atoms with van der Waals surface area (Å²) < 4.78 is 9.91. The second kappa shape index (κ2) is 5.70. The first-order chi connectivity index (χ1) is 8.70. The van der Waals surface area contributed by atoms with Crippen LogP contribution in [0.2, 0.25) is 0 Å². The summed E-state index contributed by atoms with van der Waals surface area (Å²) in [7, 11) is 1.53. The van der Waals surface area contributed by atoms with E-state index in [9.17, 15) is 5.11 Å². The van der Waals surface area contributed by atoms with Crippen LogP contribution in [0, 0.1) is 6.92 Å². The first kappa shape index (κ1) is 12.7. The second-order valence-electron chi connectivity index (χ2n) is 3.99. The van der Waals surface area contributed by atoms with Gasteiger partial charge in [-0.05, 0) is 18.6 Å². The fourth-order valence-electron chi connectivity index (χ4n) is 1.61. The molecule has 1 atom stereocenters. The summed E-state index contributed by atoms with van der Waals surface area (Å²) in [5.41, 5.74) is 1.66. The van der Waals surface area contributed by atoms with Crippen LogP contribution >= 0.6 is 0 Å². The zero-order valence-electron chi connectivity index (χ0n) is 10.3. The predicted molar refractivity (Wildman–Crippen MR) is 63.9 cm³/mol. The standard InChI is InChI=1S/C12H15N3O3/c1-8-4-3-5-13-11(8)12-14-10(18-15-12)6-9(16)7-17-2/h3-5,9,16H,6-7H2,1-2H3. The monoisotopic (exact) mass is 249 g/mol. The highest BCUT2D eigenvalue weighted by molar-refractivity contribution is 5.53. The third-order valence-electron chi connectivity index (χ3n) is 2.46. The van der Waals surface area contributed by atoms with Gasteiger partial charge in [-0.1, -0.05) is 11.2 Å². The van der Waals surface area contributed by atoms with Crippen molar-refractivity contribution in [1.29, 1.82) is 0 Å². The van der Waals surface area contributed by atoms with Crippen LogP contribution in [0.4, 0.5) is 0 Å². The van der Waals surface area contributed by atoms with Gasteiger partial charge in [0.05, 0.1) is 19.1 Å². The van der Waals surface area contributed by atoms with Gasteiger partial charge in [-0.3, -0.25) is 4.98 Å². The maximum atomic E-state index is 9.57. The molecule has 1 N–H and O–H groups in total. The van der Waals surface area contributed by atoms with Gasteiger partial charge in [0.1, 0.15) is 5.69 Å². The van der Waals surface area contributed by atoms with E-state index in [1.165, 1.54) is 7.11 Å². The SMILES string of the molecule is COCC(O)Cc1nc(-c2ncccc2C)no1. The molecule has 0 fully saturated rings. The van der Waals surface area contributed by atoms with Crippen molar-refractivity contribution in [3.63, 3.8) is 0 Å². The lowest BCUT2D eigenvalue weighted by Crippen LogP contribution is -2.17. The number of pyridine rings is 1. The molecule has 6 heteroatoms. The Labute approximate surface area is 105 Å². The number of aryl methyl sites for hydroxylation is 1. The van der Waals surface area contributed by atoms with Gasteiger partial charge < -0.3 is 14.4 Å². The highest BCUT2D eigenvalue weighted by Gasteiger charge is 2.14. The Hall–Kier alpha value is -1.79. The van der Waals surface area contributed by atoms with Crippen LogP contribution < -0.4 is 0 Å². The highest BCUT2D eigenvalue weighted by Crippen LogP contribution is 2.17. The maximum absolute atomic E-state index is 9.57. The molecule has 2 heterocycles. The summed E-state index contributed by atoms with van der Waals surface area (Å²) >= 11 is 0. The summed E-state index contributed by atoms with van der Waals surface area (Å²) in [5.74, 6) is 0.812. The highest BCUT2D eigenvalue weighted by atomic mass is 16.5. The zero-order valence-corrected chi connectivity index (χ0v) is 10.3. The third-order valence-corrected chi connectivity index (χ3v) is 2.46. The molecule has 0 aliphatic carbocycles. The number of hydrogen-bond donors (Lipinski definition) is 1. The van der Waals surface area contributed by atoms with Crippen LogP contribution in [-0.4, -0.2) is 40.1 Å². The van der Waals surface area contributed by atoms with Gasteiger partial charge in [0.2, 0.25) is 11.7 Å². The van der Waals surface area contributed by atoms with Gasteiger partial charge in [-0.2, -0.15) is 4.98 Å². The van der Waals surface area contributed by atoms with Gasteiger partial charge >= 0.3 is 0 Å². The van der Waals surface area contributed by atoms with Crippen molar-refractivity contribution < 1.29 is 14.4 Å². The largest absolute Gasteiger partial charge is 0.390 e. The average Bonchev–Trinajstić information content (AvgIpc) is 2.78. The normalized spacial score (nSPS) is 12.6. The predicted octanol–water partition coefficient (Wildman–Crippen LogP) is 0.990. The van der Waals surface area contributed by atoms with Crippen molar-refractivity contribution >= 4 is 0 Å². The molecule has 0 saturated carbocycles. The van der Waals surface area contributed by atoms with E-state index < -0.39 is 6.10 Å². The minimum Gasteiger partial charge on any atom is -0.390 e. The molecule has 96 valence electrons. The molecule has 0 aliphatic rings. The van der Waals surface area contributed by atoms with Gasteiger partial charge in [0.25, 0.3) is 0 Å². The molecule has 0 aromatic carbocycles. The van der Waals surface area contributed by atoms with E-state index in [1.54, 1.807) is 6.20 Å². The molecule has 0 amide bonds. The number of aliphatic hydroxyl groups excluding tert-OH is 1. The fourth-order valence-corrected chi connectivity index (χ4v) is 1.61. The first-order valence-electron chi connectivity index (χ1n) is 5.62. The third kappa shape index (κ3) is 2.91. The number of nitrogens with zero attached hydrogens (tertiary/aromatic N) is 3. The molecule has 2 aromatic rings. The molecular formula is C12H15N3O3. The smallest absolute Gasteiger partial charge is 0.229 e. The zero-order chi connectivity index (χ0) is 13.0. The lowest BCUT2D eigenvalue weighted by Gasteiger charge is -2.04. The number of methoxy groups -OCH3 is 1. The number of ether oxygens (including phenoxy) is 1. The Morgan fingerprint density at radius 2 is 2.33 bits per heavy atom. The number of aromatic nitrogens is 3. The molecule has 0 saturated heterocycles. The Bertz CT molecular complexity index is 513. The average molecular weight is 249 g/mol. The first-order valence-corrected chi connectivity index (χ1v) is 5.62. The van der Waals surface area contributed by atoms with Crippen LogP contribution in [0.1, 0.15) is 11.5 Å². The van der Waals surface area contributed by atoms with Crippen molar-refractivity contribution in [2.45, 2.75) is 19.4 Å². The quantitative estimate of drug-likeness (QED) is 0.851. The van der Waals surface area contributed by atoms with Crippen LogP contribution in [0.3, 0.4) is 0 Å². The van der Waals surface area contributed by atoms with Crippen LogP contribution in [0.5, 0.6) is 0 Å². The van der Waals surface area contributed by atoms with E-state index in [1.807, 2.05) is 19.1 Å². The van der Waals surface area contributed by atoms with Gasteiger partial charge in [-0.15, -0.1) is 0 Å². The lowest BCUT2D eigenvalue weighted by molar-refractivity contribution is 0.0599. The molecule has 2 aromatic heterocycles. The second-order valence-corrected chi connectivity index (χ2v) is 3.99. The summed E-state index contributed by atoms with van der Waals surface area (Å²) in [6.45, 7) is 2.17. The van der Waals surface area contributed by atoms with E-state index in [-0.39, 0.29) is 13.0 Å². The van der Waals surface area contributed by atoms with E-state index in [0.29, 0.717) is 17.4 Å². The molecule has 18 heavy (non-hydrogen) atoms. The summed E-state index contributed by atoms with van der Waals surface area (Å²) in [6, 6.07) is 3.78. The van der Waals surface area contributed by atoms with E-state index >= 15 is 0 Å². The van der Waals surface area contributed by atoms with Crippen molar-refractivity contribution in [3.8, 4) is 11.5 Å². The maximum Gasteiger partial charge on any atom is 0.229 e. The lowest BCUT2D eigenvalue weighted by atomic mass is 10.2. The Morgan fingerprint density at radius 1 is 1.50 bits per heavy atom. The van der Waals surface area contributed by atoms with Crippen molar-refractivity contribution in [1.82, 2.24) is 15.1 Å². The number of hydrogen-bond acceptors (Lipinski definition) is 6. The van der Waals surface area contributed by atoms with Gasteiger partial charge in [0, 0.05) is 13.3 Å². The molecule has 2 rings (SSSR count). The van der Waals surface area contributed by atoms with Crippen molar-refractivity contribution in [3.05, 3.63) is 29.8 Å². The Balaban J connectivity index is 2.13. The molecule has 6 nitrogen and oxygen atoms in total. The van der Waals surface area contributed by atoms with Crippen LogP contribution in [0.15, 0.2) is 22.9 Å². The summed E-state index contributed by atoms with van der Waals surface area (Å²) in [4.78, 5) is 8.41. The molecule has 0 bridgehead atoms.